The lowest BCUT2D eigenvalue weighted by atomic mass is 9.89. The predicted molar refractivity (Wildman–Crippen MR) is 87.3 cm³/mol. The molecule has 0 spiro atoms. The lowest BCUT2D eigenvalue weighted by Crippen LogP contribution is -2.38. The molecule has 0 amide bonds. The molecule has 0 aromatic heterocycles. The standard InChI is InChI=1S/C17H31N3/c1-2-4-6-9-16(10-7-5-3-1)17-11-14-18-12-8-13-19-15-20-17/h6,9,15-18H,1-5,7-8,10-14H2,(H,19,20). The molecule has 0 saturated heterocycles. The maximum absolute atomic E-state index is 4.45. The summed E-state index contributed by atoms with van der Waals surface area (Å²) < 4.78 is 0. The van der Waals surface area contributed by atoms with Crippen LogP contribution >= 0.6 is 0 Å². The zero-order valence-electron chi connectivity index (χ0n) is 12.8. The SMILES string of the molecule is C1=CC(C2CCNCCCN=CN2)CCCCCCC1. The Morgan fingerprint density at radius 2 is 1.80 bits per heavy atom. The number of aliphatic imine (C=N–C) groups is 1. The van der Waals surface area contributed by atoms with Crippen LogP contribution in [0.5, 0.6) is 0 Å². The van der Waals surface area contributed by atoms with Crippen LogP contribution < -0.4 is 10.6 Å². The number of allylic oxidation sites excluding steroid dienone is 1. The Morgan fingerprint density at radius 1 is 0.900 bits per heavy atom. The zero-order valence-corrected chi connectivity index (χ0v) is 12.8. The van der Waals surface area contributed by atoms with E-state index in [2.05, 4.69) is 27.8 Å². The molecule has 1 aliphatic carbocycles. The average Bonchev–Trinajstić information content (AvgIpc) is 2.50. The van der Waals surface area contributed by atoms with Crippen molar-refractivity contribution >= 4 is 6.34 Å². The summed E-state index contributed by atoms with van der Waals surface area (Å²) in [6.07, 6.45) is 18.7. The molecular weight excluding hydrogens is 246 g/mol. The van der Waals surface area contributed by atoms with Crippen LogP contribution in [0.1, 0.15) is 57.8 Å². The summed E-state index contributed by atoms with van der Waals surface area (Å²) in [6.45, 7) is 3.16. The summed E-state index contributed by atoms with van der Waals surface area (Å²) in [4.78, 5) is 4.45. The van der Waals surface area contributed by atoms with Gasteiger partial charge in [0.2, 0.25) is 0 Å². The van der Waals surface area contributed by atoms with Crippen molar-refractivity contribution < 1.29 is 0 Å². The van der Waals surface area contributed by atoms with Gasteiger partial charge < -0.3 is 10.6 Å². The van der Waals surface area contributed by atoms with Crippen molar-refractivity contribution in [3.63, 3.8) is 0 Å². The maximum atomic E-state index is 4.45. The second-order valence-corrected chi connectivity index (χ2v) is 6.14. The summed E-state index contributed by atoms with van der Waals surface area (Å²) >= 11 is 0. The molecule has 0 saturated carbocycles. The highest BCUT2D eigenvalue weighted by Gasteiger charge is 2.18. The summed E-state index contributed by atoms with van der Waals surface area (Å²) in [5.41, 5.74) is 0. The van der Waals surface area contributed by atoms with Gasteiger partial charge in [-0.2, -0.15) is 0 Å². The summed E-state index contributed by atoms with van der Waals surface area (Å²) in [5.74, 6) is 0.667. The summed E-state index contributed by atoms with van der Waals surface area (Å²) in [6, 6.07) is 0.542. The molecule has 0 radical (unpaired) electrons. The van der Waals surface area contributed by atoms with Gasteiger partial charge in [0.1, 0.15) is 0 Å². The molecule has 2 rings (SSSR count). The quantitative estimate of drug-likeness (QED) is 0.722. The van der Waals surface area contributed by atoms with E-state index in [0.717, 1.165) is 26.1 Å². The number of rotatable bonds is 1. The van der Waals surface area contributed by atoms with Gasteiger partial charge in [-0.1, -0.05) is 37.8 Å². The van der Waals surface area contributed by atoms with Crippen molar-refractivity contribution in [2.24, 2.45) is 10.9 Å². The Labute approximate surface area is 124 Å². The van der Waals surface area contributed by atoms with Gasteiger partial charge in [0, 0.05) is 12.6 Å². The molecule has 1 heterocycles. The first-order chi connectivity index (χ1) is 9.97. The second kappa shape index (κ2) is 9.98. The minimum atomic E-state index is 0.542. The van der Waals surface area contributed by atoms with Gasteiger partial charge in [0.25, 0.3) is 0 Å². The first-order valence-corrected chi connectivity index (χ1v) is 8.58. The molecule has 2 aliphatic rings. The van der Waals surface area contributed by atoms with Gasteiger partial charge in [-0.3, -0.25) is 4.99 Å². The van der Waals surface area contributed by atoms with E-state index in [1.54, 1.807) is 0 Å². The van der Waals surface area contributed by atoms with E-state index < -0.39 is 0 Å². The second-order valence-electron chi connectivity index (χ2n) is 6.14. The molecule has 1 aliphatic heterocycles. The predicted octanol–water partition coefficient (Wildman–Crippen LogP) is 3.27. The maximum Gasteiger partial charge on any atom is 0.0826 e. The first kappa shape index (κ1) is 15.6. The van der Waals surface area contributed by atoms with E-state index in [0.29, 0.717) is 12.0 Å². The lowest BCUT2D eigenvalue weighted by Gasteiger charge is -2.26. The molecule has 114 valence electrons. The molecule has 0 fully saturated rings. The number of nitrogens with zero attached hydrogens (tertiary/aromatic N) is 1. The van der Waals surface area contributed by atoms with E-state index in [1.807, 2.05) is 6.34 Å². The van der Waals surface area contributed by atoms with Gasteiger partial charge in [-0.05, 0) is 51.1 Å². The van der Waals surface area contributed by atoms with Gasteiger partial charge in [-0.15, -0.1) is 0 Å². The van der Waals surface area contributed by atoms with Crippen molar-refractivity contribution in [3.8, 4) is 0 Å². The van der Waals surface area contributed by atoms with E-state index in [4.69, 9.17) is 0 Å². The number of hydrogen-bond acceptors (Lipinski definition) is 3. The fourth-order valence-electron chi connectivity index (χ4n) is 3.19. The molecular formula is C17H31N3. The molecule has 2 atom stereocenters. The molecule has 2 N–H and O–H groups in total. The van der Waals surface area contributed by atoms with Crippen LogP contribution in [0.2, 0.25) is 0 Å². The van der Waals surface area contributed by atoms with E-state index in [-0.39, 0.29) is 0 Å². The monoisotopic (exact) mass is 277 g/mol. The Balaban J connectivity index is 1.93. The van der Waals surface area contributed by atoms with Crippen molar-refractivity contribution in [2.45, 2.75) is 63.8 Å². The van der Waals surface area contributed by atoms with E-state index in [9.17, 15) is 0 Å². The third-order valence-corrected chi connectivity index (χ3v) is 4.46. The third kappa shape index (κ3) is 6.08. The van der Waals surface area contributed by atoms with Crippen LogP contribution in [0.15, 0.2) is 17.1 Å². The molecule has 2 unspecified atom stereocenters. The molecule has 0 aromatic rings. The molecule has 20 heavy (non-hydrogen) atoms. The van der Waals surface area contributed by atoms with Gasteiger partial charge in [-0.25, -0.2) is 0 Å². The van der Waals surface area contributed by atoms with Crippen LogP contribution in [0.3, 0.4) is 0 Å². The third-order valence-electron chi connectivity index (χ3n) is 4.46. The van der Waals surface area contributed by atoms with Crippen LogP contribution in [0.4, 0.5) is 0 Å². The van der Waals surface area contributed by atoms with Crippen molar-refractivity contribution in [1.82, 2.24) is 10.6 Å². The smallest absolute Gasteiger partial charge is 0.0826 e. The molecule has 0 aromatic carbocycles. The fourth-order valence-corrected chi connectivity index (χ4v) is 3.19. The Morgan fingerprint density at radius 3 is 2.80 bits per heavy atom. The average molecular weight is 277 g/mol. The molecule has 0 bridgehead atoms. The van der Waals surface area contributed by atoms with Crippen molar-refractivity contribution in [1.29, 1.82) is 0 Å². The van der Waals surface area contributed by atoms with Crippen LogP contribution in [0, 0.1) is 5.92 Å². The van der Waals surface area contributed by atoms with Crippen molar-refractivity contribution in [3.05, 3.63) is 12.2 Å². The van der Waals surface area contributed by atoms with Crippen LogP contribution in [-0.2, 0) is 0 Å². The van der Waals surface area contributed by atoms with Crippen molar-refractivity contribution in [2.75, 3.05) is 19.6 Å². The Bertz CT molecular complexity index is 299. The highest BCUT2D eigenvalue weighted by atomic mass is 15.0. The topological polar surface area (TPSA) is 36.4 Å². The number of nitrogens with one attached hydrogen (secondary N) is 2. The zero-order chi connectivity index (χ0) is 13.9. The highest BCUT2D eigenvalue weighted by molar-refractivity contribution is 5.54. The lowest BCUT2D eigenvalue weighted by molar-refractivity contribution is 0.387. The molecule has 3 nitrogen and oxygen atoms in total. The summed E-state index contributed by atoms with van der Waals surface area (Å²) in [7, 11) is 0. The van der Waals surface area contributed by atoms with Gasteiger partial charge in [0.05, 0.1) is 6.34 Å². The van der Waals surface area contributed by atoms with Crippen LogP contribution in [-0.4, -0.2) is 32.0 Å². The molecule has 3 heteroatoms. The Kier molecular flexibility index (Phi) is 7.76. The van der Waals surface area contributed by atoms with E-state index in [1.165, 1.54) is 51.4 Å². The highest BCUT2D eigenvalue weighted by Crippen LogP contribution is 2.21. The minimum absolute atomic E-state index is 0.542. The van der Waals surface area contributed by atoms with Crippen LogP contribution in [0.25, 0.3) is 0 Å². The fraction of sp³-hybridized carbons (Fsp3) is 0.824. The Hall–Kier alpha value is -0.830. The minimum Gasteiger partial charge on any atom is -0.373 e. The summed E-state index contributed by atoms with van der Waals surface area (Å²) in [5, 5.41) is 7.10. The largest absolute Gasteiger partial charge is 0.373 e. The van der Waals surface area contributed by atoms with E-state index >= 15 is 0 Å². The normalized spacial score (nSPS) is 30.4. The number of hydrogen-bond donors (Lipinski definition) is 2. The van der Waals surface area contributed by atoms with Gasteiger partial charge >= 0.3 is 0 Å². The first-order valence-electron chi connectivity index (χ1n) is 8.58. The van der Waals surface area contributed by atoms with Gasteiger partial charge in [0.15, 0.2) is 0 Å².